The first-order valence-corrected chi connectivity index (χ1v) is 5.36. The lowest BCUT2D eigenvalue weighted by atomic mass is 9.85. The molecule has 1 amide bonds. The predicted molar refractivity (Wildman–Crippen MR) is 60.0 cm³/mol. The maximum Gasteiger partial charge on any atom is 0.224 e. The molecule has 0 aromatic heterocycles. The normalized spacial score (nSPS) is 13.9. The average Bonchev–Trinajstić information content (AvgIpc) is 2.04. The van der Waals surface area contributed by atoms with Crippen molar-refractivity contribution in [2.45, 2.75) is 47.1 Å². The molecule has 0 saturated carbocycles. The van der Waals surface area contributed by atoms with Crippen LogP contribution in [0.15, 0.2) is 0 Å². The van der Waals surface area contributed by atoms with Crippen LogP contribution < -0.4 is 5.73 Å². The molecule has 0 aromatic carbocycles. The Kier molecular flexibility index (Phi) is 5.13. The van der Waals surface area contributed by atoms with Gasteiger partial charge in [0.05, 0.1) is 0 Å². The molecule has 3 nitrogen and oxygen atoms in total. The van der Waals surface area contributed by atoms with E-state index in [0.29, 0.717) is 6.42 Å². The molecule has 0 aliphatic carbocycles. The Morgan fingerprint density at radius 1 is 1.29 bits per heavy atom. The highest BCUT2D eigenvalue weighted by Crippen LogP contribution is 2.20. The van der Waals surface area contributed by atoms with Gasteiger partial charge in [-0.25, -0.2) is 0 Å². The van der Waals surface area contributed by atoms with Crippen LogP contribution in [-0.4, -0.2) is 29.9 Å². The number of nitrogens with two attached hydrogens (primary N) is 1. The van der Waals surface area contributed by atoms with E-state index in [1.165, 1.54) is 0 Å². The van der Waals surface area contributed by atoms with Gasteiger partial charge in [0.2, 0.25) is 5.91 Å². The van der Waals surface area contributed by atoms with Gasteiger partial charge in [-0.2, -0.15) is 0 Å². The molecule has 0 radical (unpaired) electrons. The molecular formula is C11H24N2O. The highest BCUT2D eigenvalue weighted by Gasteiger charge is 2.24. The summed E-state index contributed by atoms with van der Waals surface area (Å²) < 4.78 is 0. The van der Waals surface area contributed by atoms with Crippen molar-refractivity contribution in [3.63, 3.8) is 0 Å². The van der Waals surface area contributed by atoms with E-state index in [-0.39, 0.29) is 17.4 Å². The standard InChI is InChI=1S/C11H24N2O/c1-6-13(7-2)10(14)8-9(12)11(3,4)5/h9H,6-8,12H2,1-5H3. The van der Waals surface area contributed by atoms with E-state index in [4.69, 9.17) is 5.73 Å². The van der Waals surface area contributed by atoms with Crippen LogP contribution in [0.25, 0.3) is 0 Å². The molecule has 0 heterocycles. The van der Waals surface area contributed by atoms with Crippen molar-refractivity contribution < 1.29 is 4.79 Å². The minimum Gasteiger partial charge on any atom is -0.343 e. The van der Waals surface area contributed by atoms with Crippen LogP contribution >= 0.6 is 0 Å². The maximum absolute atomic E-state index is 11.7. The van der Waals surface area contributed by atoms with Gasteiger partial charge in [0.25, 0.3) is 0 Å². The Hall–Kier alpha value is -0.570. The molecule has 0 rings (SSSR count). The van der Waals surface area contributed by atoms with Gasteiger partial charge in [0.15, 0.2) is 0 Å². The molecule has 0 aromatic rings. The van der Waals surface area contributed by atoms with Gasteiger partial charge in [-0.1, -0.05) is 20.8 Å². The van der Waals surface area contributed by atoms with E-state index in [0.717, 1.165) is 13.1 Å². The first-order valence-electron chi connectivity index (χ1n) is 5.36. The van der Waals surface area contributed by atoms with E-state index in [1.54, 1.807) is 0 Å². The van der Waals surface area contributed by atoms with E-state index in [1.807, 2.05) is 18.7 Å². The van der Waals surface area contributed by atoms with Crippen molar-refractivity contribution in [3.8, 4) is 0 Å². The molecule has 0 aliphatic heterocycles. The molecule has 14 heavy (non-hydrogen) atoms. The number of carbonyl (C=O) groups excluding carboxylic acids is 1. The number of carbonyl (C=O) groups is 1. The van der Waals surface area contributed by atoms with Crippen molar-refractivity contribution in [2.75, 3.05) is 13.1 Å². The van der Waals surface area contributed by atoms with E-state index in [9.17, 15) is 4.79 Å². The van der Waals surface area contributed by atoms with Crippen LogP contribution in [0.2, 0.25) is 0 Å². The van der Waals surface area contributed by atoms with Crippen molar-refractivity contribution >= 4 is 5.91 Å². The molecular weight excluding hydrogens is 176 g/mol. The zero-order valence-electron chi connectivity index (χ0n) is 10.1. The van der Waals surface area contributed by atoms with Gasteiger partial charge in [0, 0.05) is 25.6 Å². The van der Waals surface area contributed by atoms with Crippen LogP contribution in [0, 0.1) is 5.41 Å². The second kappa shape index (κ2) is 5.35. The lowest BCUT2D eigenvalue weighted by Gasteiger charge is -2.28. The molecule has 1 unspecified atom stereocenters. The third-order valence-corrected chi connectivity index (χ3v) is 2.62. The van der Waals surface area contributed by atoms with Crippen LogP contribution in [-0.2, 0) is 4.79 Å². The number of nitrogens with zero attached hydrogens (tertiary/aromatic N) is 1. The maximum atomic E-state index is 11.7. The molecule has 0 bridgehead atoms. The second-order valence-electron chi connectivity index (χ2n) is 4.74. The van der Waals surface area contributed by atoms with Crippen molar-refractivity contribution in [3.05, 3.63) is 0 Å². The fourth-order valence-electron chi connectivity index (χ4n) is 1.20. The Labute approximate surface area is 87.6 Å². The summed E-state index contributed by atoms with van der Waals surface area (Å²) in [6, 6.07) is -0.0596. The molecule has 1 atom stereocenters. The van der Waals surface area contributed by atoms with Gasteiger partial charge in [-0.05, 0) is 19.3 Å². The first kappa shape index (κ1) is 13.4. The summed E-state index contributed by atoms with van der Waals surface area (Å²) in [6.07, 6.45) is 0.450. The van der Waals surface area contributed by atoms with E-state index in [2.05, 4.69) is 20.8 Å². The van der Waals surface area contributed by atoms with Gasteiger partial charge in [-0.3, -0.25) is 4.79 Å². The van der Waals surface area contributed by atoms with E-state index < -0.39 is 0 Å². The lowest BCUT2D eigenvalue weighted by Crippen LogP contribution is -2.41. The molecule has 0 fully saturated rings. The number of amides is 1. The van der Waals surface area contributed by atoms with Gasteiger partial charge < -0.3 is 10.6 Å². The highest BCUT2D eigenvalue weighted by atomic mass is 16.2. The predicted octanol–water partition coefficient (Wildman–Crippen LogP) is 1.62. The fourth-order valence-corrected chi connectivity index (χ4v) is 1.20. The SMILES string of the molecule is CCN(CC)C(=O)CC(N)C(C)(C)C. The summed E-state index contributed by atoms with van der Waals surface area (Å²) in [5, 5.41) is 0. The van der Waals surface area contributed by atoms with Crippen LogP contribution in [0.5, 0.6) is 0 Å². The summed E-state index contributed by atoms with van der Waals surface area (Å²) in [6.45, 7) is 11.7. The number of hydrogen-bond donors (Lipinski definition) is 1. The summed E-state index contributed by atoms with van der Waals surface area (Å²) in [5.41, 5.74) is 5.95. The third kappa shape index (κ3) is 4.09. The molecule has 84 valence electrons. The molecule has 2 N–H and O–H groups in total. The van der Waals surface area contributed by atoms with Gasteiger partial charge in [0.1, 0.15) is 0 Å². The topological polar surface area (TPSA) is 46.3 Å². The highest BCUT2D eigenvalue weighted by molar-refractivity contribution is 5.76. The Bertz CT molecular complexity index is 180. The van der Waals surface area contributed by atoms with Crippen molar-refractivity contribution in [1.82, 2.24) is 4.90 Å². The quantitative estimate of drug-likeness (QED) is 0.749. The second-order valence-corrected chi connectivity index (χ2v) is 4.74. The lowest BCUT2D eigenvalue weighted by molar-refractivity contribution is -0.131. The van der Waals surface area contributed by atoms with Crippen molar-refractivity contribution in [2.24, 2.45) is 11.1 Å². The molecule has 0 spiro atoms. The Balaban J connectivity index is 4.18. The smallest absolute Gasteiger partial charge is 0.224 e. The molecule has 3 heteroatoms. The van der Waals surface area contributed by atoms with Crippen molar-refractivity contribution in [1.29, 1.82) is 0 Å². The fraction of sp³-hybridized carbons (Fsp3) is 0.909. The summed E-state index contributed by atoms with van der Waals surface area (Å²) in [4.78, 5) is 13.5. The third-order valence-electron chi connectivity index (χ3n) is 2.62. The zero-order chi connectivity index (χ0) is 11.4. The summed E-state index contributed by atoms with van der Waals surface area (Å²) >= 11 is 0. The monoisotopic (exact) mass is 200 g/mol. The molecule has 0 saturated heterocycles. The van der Waals surface area contributed by atoms with Gasteiger partial charge >= 0.3 is 0 Å². The molecule has 0 aliphatic rings. The minimum atomic E-state index is -0.0596. The Morgan fingerprint density at radius 3 is 2.00 bits per heavy atom. The summed E-state index contributed by atoms with van der Waals surface area (Å²) in [7, 11) is 0. The summed E-state index contributed by atoms with van der Waals surface area (Å²) in [5.74, 6) is 0.164. The number of rotatable bonds is 4. The van der Waals surface area contributed by atoms with Gasteiger partial charge in [-0.15, -0.1) is 0 Å². The minimum absolute atomic E-state index is 0.00279. The number of hydrogen-bond acceptors (Lipinski definition) is 2. The van der Waals surface area contributed by atoms with Crippen LogP contribution in [0.3, 0.4) is 0 Å². The average molecular weight is 200 g/mol. The zero-order valence-corrected chi connectivity index (χ0v) is 10.1. The van der Waals surface area contributed by atoms with Crippen LogP contribution in [0.1, 0.15) is 41.0 Å². The Morgan fingerprint density at radius 2 is 1.71 bits per heavy atom. The van der Waals surface area contributed by atoms with E-state index >= 15 is 0 Å². The first-order chi connectivity index (χ1) is 6.32. The largest absolute Gasteiger partial charge is 0.343 e. The van der Waals surface area contributed by atoms with Crippen LogP contribution in [0.4, 0.5) is 0 Å².